The Labute approximate surface area is 122 Å². The fourth-order valence-corrected chi connectivity index (χ4v) is 2.47. The van der Waals surface area contributed by atoms with Crippen LogP contribution in [0.5, 0.6) is 5.75 Å². The zero-order chi connectivity index (χ0) is 14.9. The molecule has 2 aromatic rings. The van der Waals surface area contributed by atoms with Crippen molar-refractivity contribution in [2.45, 2.75) is 18.3 Å². The third-order valence-electron chi connectivity index (χ3n) is 3.93. The SMILES string of the molecule is COc1ccc(C2(C(=O)Nc3ccc(F)cc3)CC2)cc1. The number of anilines is 1. The van der Waals surface area contributed by atoms with Gasteiger partial charge in [0.25, 0.3) is 0 Å². The van der Waals surface area contributed by atoms with Crippen molar-refractivity contribution in [1.29, 1.82) is 0 Å². The fourth-order valence-electron chi connectivity index (χ4n) is 2.47. The first-order valence-corrected chi connectivity index (χ1v) is 6.86. The number of benzene rings is 2. The Hall–Kier alpha value is -2.36. The zero-order valence-corrected chi connectivity index (χ0v) is 11.7. The van der Waals surface area contributed by atoms with Crippen LogP contribution in [0.25, 0.3) is 0 Å². The number of methoxy groups -OCH3 is 1. The lowest BCUT2D eigenvalue weighted by molar-refractivity contribution is -0.118. The first kappa shape index (κ1) is 13.6. The molecule has 0 unspecified atom stereocenters. The maximum Gasteiger partial charge on any atom is 0.235 e. The van der Waals surface area contributed by atoms with E-state index in [-0.39, 0.29) is 11.7 Å². The molecule has 1 aliphatic rings. The lowest BCUT2D eigenvalue weighted by atomic mass is 9.95. The van der Waals surface area contributed by atoms with Gasteiger partial charge in [0.1, 0.15) is 11.6 Å². The van der Waals surface area contributed by atoms with Gasteiger partial charge in [-0.25, -0.2) is 4.39 Å². The van der Waals surface area contributed by atoms with Gasteiger partial charge < -0.3 is 10.1 Å². The van der Waals surface area contributed by atoms with E-state index in [0.29, 0.717) is 5.69 Å². The van der Waals surface area contributed by atoms with Gasteiger partial charge in [-0.05, 0) is 54.8 Å². The molecule has 0 atom stereocenters. The number of ether oxygens (including phenoxy) is 1. The van der Waals surface area contributed by atoms with Crippen LogP contribution < -0.4 is 10.1 Å². The highest BCUT2D eigenvalue weighted by molar-refractivity contribution is 6.01. The minimum Gasteiger partial charge on any atom is -0.497 e. The maximum atomic E-state index is 12.9. The van der Waals surface area contributed by atoms with E-state index >= 15 is 0 Å². The van der Waals surface area contributed by atoms with Gasteiger partial charge >= 0.3 is 0 Å². The van der Waals surface area contributed by atoms with Crippen LogP contribution >= 0.6 is 0 Å². The van der Waals surface area contributed by atoms with Crippen LogP contribution in [0.15, 0.2) is 48.5 Å². The molecule has 1 fully saturated rings. The Morgan fingerprint density at radius 3 is 2.24 bits per heavy atom. The van der Waals surface area contributed by atoms with E-state index in [9.17, 15) is 9.18 Å². The molecule has 0 saturated heterocycles. The molecule has 4 heteroatoms. The van der Waals surface area contributed by atoms with Gasteiger partial charge in [-0.2, -0.15) is 0 Å². The minimum atomic E-state index is -0.458. The molecule has 0 heterocycles. The van der Waals surface area contributed by atoms with Gasteiger partial charge in [0.05, 0.1) is 12.5 Å². The van der Waals surface area contributed by atoms with Crippen LogP contribution in [-0.2, 0) is 10.2 Å². The average Bonchev–Trinajstić information content (AvgIpc) is 3.31. The number of hydrogen-bond donors (Lipinski definition) is 1. The van der Waals surface area contributed by atoms with Crippen LogP contribution in [0, 0.1) is 5.82 Å². The second-order valence-corrected chi connectivity index (χ2v) is 5.27. The maximum absolute atomic E-state index is 12.9. The molecular weight excluding hydrogens is 269 g/mol. The normalized spacial score (nSPS) is 15.3. The molecule has 1 N–H and O–H groups in total. The molecule has 2 aromatic carbocycles. The van der Waals surface area contributed by atoms with Crippen LogP contribution in [0.2, 0.25) is 0 Å². The van der Waals surface area contributed by atoms with Crippen molar-refractivity contribution in [3.63, 3.8) is 0 Å². The van der Waals surface area contributed by atoms with E-state index in [4.69, 9.17) is 4.74 Å². The first-order valence-electron chi connectivity index (χ1n) is 6.86. The summed E-state index contributed by atoms with van der Waals surface area (Å²) >= 11 is 0. The van der Waals surface area contributed by atoms with Gasteiger partial charge in [-0.15, -0.1) is 0 Å². The second kappa shape index (κ2) is 5.20. The predicted octanol–water partition coefficient (Wildman–Crippen LogP) is 3.50. The van der Waals surface area contributed by atoms with Crippen molar-refractivity contribution < 1.29 is 13.9 Å². The van der Waals surface area contributed by atoms with E-state index in [2.05, 4.69) is 5.32 Å². The lowest BCUT2D eigenvalue weighted by Crippen LogP contribution is -2.27. The highest BCUT2D eigenvalue weighted by Gasteiger charge is 2.51. The Morgan fingerprint density at radius 1 is 1.10 bits per heavy atom. The van der Waals surface area contributed by atoms with Gasteiger partial charge in [-0.3, -0.25) is 4.79 Å². The van der Waals surface area contributed by atoms with Crippen LogP contribution in [0.3, 0.4) is 0 Å². The molecule has 0 aliphatic heterocycles. The summed E-state index contributed by atoms with van der Waals surface area (Å²) in [7, 11) is 1.61. The molecule has 0 radical (unpaired) electrons. The summed E-state index contributed by atoms with van der Waals surface area (Å²) in [4.78, 5) is 12.5. The number of rotatable bonds is 4. The van der Waals surface area contributed by atoms with E-state index in [1.807, 2.05) is 24.3 Å². The second-order valence-electron chi connectivity index (χ2n) is 5.27. The van der Waals surface area contributed by atoms with Crippen molar-refractivity contribution in [3.8, 4) is 5.75 Å². The molecule has 1 saturated carbocycles. The average molecular weight is 285 g/mol. The quantitative estimate of drug-likeness (QED) is 0.933. The molecule has 1 aliphatic carbocycles. The smallest absolute Gasteiger partial charge is 0.235 e. The summed E-state index contributed by atoms with van der Waals surface area (Å²) in [5, 5.41) is 2.86. The summed E-state index contributed by atoms with van der Waals surface area (Å²) < 4.78 is 18.0. The highest BCUT2D eigenvalue weighted by atomic mass is 19.1. The minimum absolute atomic E-state index is 0.0423. The summed E-state index contributed by atoms with van der Waals surface area (Å²) in [5.41, 5.74) is 1.14. The number of carbonyl (C=O) groups excluding carboxylic acids is 1. The van der Waals surface area contributed by atoms with Crippen LogP contribution in [0.4, 0.5) is 10.1 Å². The fraction of sp³-hybridized carbons (Fsp3) is 0.235. The van der Waals surface area contributed by atoms with Crippen molar-refractivity contribution in [2.24, 2.45) is 0 Å². The summed E-state index contributed by atoms with van der Waals surface area (Å²) in [6.45, 7) is 0. The molecule has 0 aromatic heterocycles. The van der Waals surface area contributed by atoms with E-state index < -0.39 is 5.41 Å². The van der Waals surface area contributed by atoms with Gasteiger partial charge in [0.2, 0.25) is 5.91 Å². The van der Waals surface area contributed by atoms with Crippen molar-refractivity contribution >= 4 is 11.6 Å². The van der Waals surface area contributed by atoms with E-state index in [0.717, 1.165) is 24.2 Å². The zero-order valence-electron chi connectivity index (χ0n) is 11.7. The van der Waals surface area contributed by atoms with Gasteiger partial charge in [0, 0.05) is 5.69 Å². The number of hydrogen-bond acceptors (Lipinski definition) is 2. The van der Waals surface area contributed by atoms with Crippen molar-refractivity contribution in [1.82, 2.24) is 0 Å². The van der Waals surface area contributed by atoms with Gasteiger partial charge in [0.15, 0.2) is 0 Å². The van der Waals surface area contributed by atoms with E-state index in [1.54, 1.807) is 19.2 Å². The van der Waals surface area contributed by atoms with Crippen LogP contribution in [-0.4, -0.2) is 13.0 Å². The first-order chi connectivity index (χ1) is 10.1. The Balaban J connectivity index is 1.78. The molecule has 1 amide bonds. The largest absolute Gasteiger partial charge is 0.497 e. The standard InChI is InChI=1S/C17H16FNO2/c1-21-15-8-2-12(3-9-15)17(10-11-17)16(20)19-14-6-4-13(18)5-7-14/h2-9H,10-11H2,1H3,(H,19,20). The van der Waals surface area contributed by atoms with Gasteiger partial charge in [-0.1, -0.05) is 12.1 Å². The number of amides is 1. The Morgan fingerprint density at radius 2 is 1.71 bits per heavy atom. The summed E-state index contributed by atoms with van der Waals surface area (Å²) in [5.74, 6) is 0.414. The van der Waals surface area contributed by atoms with Crippen LogP contribution in [0.1, 0.15) is 18.4 Å². The predicted molar refractivity (Wildman–Crippen MR) is 78.9 cm³/mol. The van der Waals surface area contributed by atoms with E-state index in [1.165, 1.54) is 12.1 Å². The molecule has 21 heavy (non-hydrogen) atoms. The monoisotopic (exact) mass is 285 g/mol. The Bertz CT molecular complexity index is 645. The summed E-state index contributed by atoms with van der Waals surface area (Å²) in [6.07, 6.45) is 1.65. The molecule has 108 valence electrons. The van der Waals surface area contributed by atoms with Crippen molar-refractivity contribution in [3.05, 3.63) is 59.9 Å². The third kappa shape index (κ3) is 2.61. The molecule has 3 rings (SSSR count). The topological polar surface area (TPSA) is 38.3 Å². The molecule has 0 bridgehead atoms. The Kier molecular flexibility index (Phi) is 3.37. The lowest BCUT2D eigenvalue weighted by Gasteiger charge is -2.16. The third-order valence-corrected chi connectivity index (χ3v) is 3.93. The molecule has 0 spiro atoms. The summed E-state index contributed by atoms with van der Waals surface area (Å²) in [6, 6.07) is 13.4. The molecule has 3 nitrogen and oxygen atoms in total. The number of carbonyl (C=O) groups is 1. The molecular formula is C17H16FNO2. The number of nitrogens with one attached hydrogen (secondary N) is 1. The van der Waals surface area contributed by atoms with Crippen molar-refractivity contribution in [2.75, 3.05) is 12.4 Å². The number of halogens is 1. The highest BCUT2D eigenvalue weighted by Crippen LogP contribution is 2.49.